The van der Waals surface area contributed by atoms with Crippen molar-refractivity contribution in [2.45, 2.75) is 26.3 Å². The first-order valence-corrected chi connectivity index (χ1v) is 10.9. The normalized spacial score (nSPS) is 14.7. The maximum absolute atomic E-state index is 12.0. The quantitative estimate of drug-likeness (QED) is 0.530. The monoisotopic (exact) mass is 450 g/mol. The predicted octanol–water partition coefficient (Wildman–Crippen LogP) is 1.99. The van der Waals surface area contributed by atoms with Gasteiger partial charge in [-0.15, -0.1) is 0 Å². The topological polar surface area (TPSA) is 100 Å². The second kappa shape index (κ2) is 11.3. The van der Waals surface area contributed by atoms with Crippen molar-refractivity contribution in [2.75, 3.05) is 64.1 Å². The van der Waals surface area contributed by atoms with Crippen LogP contribution in [0, 0.1) is 6.92 Å². The van der Waals surface area contributed by atoms with Crippen molar-refractivity contribution in [1.82, 2.24) is 29.5 Å². The molecule has 0 unspecified atom stereocenters. The molecule has 3 heterocycles. The number of nitrogens with zero attached hydrogens (tertiary/aromatic N) is 6. The smallest absolute Gasteiger partial charge is 0.248 e. The second-order valence-corrected chi connectivity index (χ2v) is 8.18. The average molecular weight is 451 g/mol. The Morgan fingerprint density at radius 3 is 2.97 bits per heavy atom. The Morgan fingerprint density at radius 2 is 2.16 bits per heavy atom. The highest BCUT2D eigenvalue weighted by Gasteiger charge is 2.16. The zero-order chi connectivity index (χ0) is 22.2. The largest absolute Gasteiger partial charge is 0.372 e. The number of anilines is 3. The van der Waals surface area contributed by atoms with Crippen LogP contribution in [-0.4, -0.2) is 88.9 Å². The molecule has 1 amide bonds. The minimum atomic E-state index is 0.0468. The molecule has 0 spiro atoms. The van der Waals surface area contributed by atoms with E-state index in [1.165, 1.54) is 0 Å². The molecule has 2 aromatic rings. The molecule has 1 fully saturated rings. The lowest BCUT2D eigenvalue weighted by Gasteiger charge is -2.19. The number of nitrogens with one attached hydrogen (secondary N) is 2. The number of aryl methyl sites for hydroxylation is 1. The third-order valence-electron chi connectivity index (χ3n) is 4.91. The van der Waals surface area contributed by atoms with Crippen LogP contribution >= 0.6 is 11.6 Å². The zero-order valence-electron chi connectivity index (χ0n) is 18.4. The Hall–Kier alpha value is -2.43. The summed E-state index contributed by atoms with van der Waals surface area (Å²) in [5, 5.41) is 11.4. The second-order valence-electron chi connectivity index (χ2n) is 7.78. The maximum Gasteiger partial charge on any atom is 0.248 e. The number of halogens is 1. The first-order chi connectivity index (χ1) is 14.9. The van der Waals surface area contributed by atoms with Crippen LogP contribution in [0.5, 0.6) is 0 Å². The van der Waals surface area contributed by atoms with Crippen molar-refractivity contribution in [2.24, 2.45) is 0 Å². The molecule has 0 aliphatic carbocycles. The Morgan fingerprint density at radius 1 is 1.32 bits per heavy atom. The van der Waals surface area contributed by atoms with E-state index in [-0.39, 0.29) is 12.5 Å². The number of ether oxygens (including phenoxy) is 1. The summed E-state index contributed by atoms with van der Waals surface area (Å²) in [6.07, 6.45) is 5.18. The minimum absolute atomic E-state index is 0.0468. The molecule has 11 heteroatoms. The van der Waals surface area contributed by atoms with Crippen molar-refractivity contribution in [3.8, 4) is 0 Å². The van der Waals surface area contributed by atoms with Crippen LogP contribution in [0.3, 0.4) is 0 Å². The van der Waals surface area contributed by atoms with Crippen molar-refractivity contribution in [3.05, 3.63) is 23.1 Å². The molecule has 1 aliphatic rings. The van der Waals surface area contributed by atoms with Gasteiger partial charge in [0, 0.05) is 39.0 Å². The fourth-order valence-corrected chi connectivity index (χ4v) is 3.33. The van der Waals surface area contributed by atoms with E-state index in [4.69, 9.17) is 16.3 Å². The van der Waals surface area contributed by atoms with E-state index in [0.717, 1.165) is 43.9 Å². The summed E-state index contributed by atoms with van der Waals surface area (Å²) < 4.78 is 7.17. The van der Waals surface area contributed by atoms with Crippen LogP contribution in [0.4, 0.5) is 17.5 Å². The molecule has 1 aliphatic heterocycles. The molecule has 0 radical (unpaired) electrons. The van der Waals surface area contributed by atoms with E-state index in [9.17, 15) is 4.79 Å². The molecular weight excluding hydrogens is 420 g/mol. The summed E-state index contributed by atoms with van der Waals surface area (Å²) >= 11 is 6.26. The fourth-order valence-electron chi connectivity index (χ4n) is 3.18. The Bertz CT molecular complexity index is 873. The van der Waals surface area contributed by atoms with E-state index in [0.29, 0.717) is 36.5 Å². The van der Waals surface area contributed by atoms with Gasteiger partial charge in [-0.25, -0.2) is 4.98 Å². The lowest BCUT2D eigenvalue weighted by Crippen LogP contribution is -2.34. The summed E-state index contributed by atoms with van der Waals surface area (Å²) in [4.78, 5) is 24.7. The molecule has 0 atom stereocenters. The van der Waals surface area contributed by atoms with Crippen LogP contribution < -0.4 is 10.6 Å². The van der Waals surface area contributed by atoms with Crippen molar-refractivity contribution >= 4 is 35.0 Å². The number of rotatable bonds is 10. The SMILES string of the molecule is Cc1nn(CCN(C)C)cc1Nc1ncc(Cl)c(NCCCN2CCCOCC2=O)n1. The van der Waals surface area contributed by atoms with Gasteiger partial charge >= 0.3 is 0 Å². The number of hydrogen-bond donors (Lipinski definition) is 2. The highest BCUT2D eigenvalue weighted by Crippen LogP contribution is 2.22. The van der Waals surface area contributed by atoms with E-state index in [2.05, 4.69) is 30.6 Å². The molecule has 31 heavy (non-hydrogen) atoms. The number of carbonyl (C=O) groups excluding carboxylic acids is 1. The van der Waals surface area contributed by atoms with Crippen LogP contribution in [0.2, 0.25) is 5.02 Å². The van der Waals surface area contributed by atoms with Crippen molar-refractivity contribution in [3.63, 3.8) is 0 Å². The first kappa shape index (κ1) is 23.2. The standard InChI is InChI=1S/C20H31ClN8O2/c1-15-17(13-29(26-15)10-9-27(2)3)24-20-23-12-16(21)19(25-20)22-6-4-7-28-8-5-11-31-14-18(28)30/h12-13H,4-11,14H2,1-3H3,(H2,22,23,24,25). The molecule has 1 saturated heterocycles. The minimum Gasteiger partial charge on any atom is -0.372 e. The molecule has 2 aromatic heterocycles. The predicted molar refractivity (Wildman–Crippen MR) is 121 cm³/mol. The molecule has 0 bridgehead atoms. The van der Waals surface area contributed by atoms with Crippen LogP contribution in [-0.2, 0) is 16.1 Å². The summed E-state index contributed by atoms with van der Waals surface area (Å²) in [6, 6.07) is 0. The van der Waals surface area contributed by atoms with Crippen molar-refractivity contribution < 1.29 is 9.53 Å². The Balaban J connectivity index is 1.53. The summed E-state index contributed by atoms with van der Waals surface area (Å²) in [6.45, 7) is 6.52. The first-order valence-electron chi connectivity index (χ1n) is 10.5. The number of amides is 1. The summed E-state index contributed by atoms with van der Waals surface area (Å²) in [7, 11) is 4.07. The van der Waals surface area contributed by atoms with Gasteiger partial charge in [-0.3, -0.25) is 9.48 Å². The lowest BCUT2D eigenvalue weighted by molar-refractivity contribution is -0.133. The van der Waals surface area contributed by atoms with Crippen LogP contribution in [0.25, 0.3) is 0 Å². The number of carbonyl (C=O) groups is 1. The van der Waals surface area contributed by atoms with Crippen LogP contribution in [0.1, 0.15) is 18.5 Å². The van der Waals surface area contributed by atoms with Crippen LogP contribution in [0.15, 0.2) is 12.4 Å². The lowest BCUT2D eigenvalue weighted by atomic mass is 10.3. The maximum atomic E-state index is 12.0. The Kier molecular flexibility index (Phi) is 8.44. The third kappa shape index (κ3) is 7.05. The molecule has 3 rings (SSSR count). The third-order valence-corrected chi connectivity index (χ3v) is 5.18. The Labute approximate surface area is 187 Å². The van der Waals surface area contributed by atoms with E-state index in [1.807, 2.05) is 36.8 Å². The van der Waals surface area contributed by atoms with Gasteiger partial charge in [-0.2, -0.15) is 10.1 Å². The number of hydrogen-bond acceptors (Lipinski definition) is 8. The number of aromatic nitrogens is 4. The van der Waals surface area contributed by atoms with Gasteiger partial charge in [0.1, 0.15) is 17.4 Å². The van der Waals surface area contributed by atoms with E-state index >= 15 is 0 Å². The van der Waals surface area contributed by atoms with Gasteiger partial charge in [-0.1, -0.05) is 11.6 Å². The molecule has 10 nitrogen and oxygen atoms in total. The van der Waals surface area contributed by atoms with Gasteiger partial charge < -0.3 is 25.2 Å². The molecule has 0 aromatic carbocycles. The zero-order valence-corrected chi connectivity index (χ0v) is 19.2. The average Bonchev–Trinajstić information content (AvgIpc) is 2.94. The van der Waals surface area contributed by atoms with Gasteiger partial charge in [0.05, 0.1) is 24.1 Å². The fraction of sp³-hybridized carbons (Fsp3) is 0.600. The highest BCUT2D eigenvalue weighted by molar-refractivity contribution is 6.32. The molecular formula is C20H31ClN8O2. The summed E-state index contributed by atoms with van der Waals surface area (Å²) in [5.41, 5.74) is 1.73. The number of likely N-dealkylation sites (N-methyl/N-ethyl adjacent to an activating group) is 1. The molecule has 170 valence electrons. The van der Waals surface area contributed by atoms with Crippen molar-refractivity contribution in [1.29, 1.82) is 0 Å². The van der Waals surface area contributed by atoms with E-state index in [1.54, 1.807) is 6.20 Å². The highest BCUT2D eigenvalue weighted by atomic mass is 35.5. The van der Waals surface area contributed by atoms with Gasteiger partial charge in [0.25, 0.3) is 0 Å². The van der Waals surface area contributed by atoms with Gasteiger partial charge in [0.15, 0.2) is 0 Å². The van der Waals surface area contributed by atoms with Gasteiger partial charge in [-0.05, 0) is 33.9 Å². The van der Waals surface area contributed by atoms with E-state index < -0.39 is 0 Å². The molecule has 2 N–H and O–H groups in total. The molecule has 0 saturated carbocycles. The van der Waals surface area contributed by atoms with Gasteiger partial charge in [0.2, 0.25) is 11.9 Å². The summed E-state index contributed by atoms with van der Waals surface area (Å²) in [5.74, 6) is 1.05.